The second kappa shape index (κ2) is 5.37. The van der Waals surface area contributed by atoms with E-state index >= 15 is 0 Å². The van der Waals surface area contributed by atoms with E-state index in [-0.39, 0.29) is 11.7 Å². The fourth-order valence-electron chi connectivity index (χ4n) is 2.59. The van der Waals surface area contributed by atoms with Gasteiger partial charge in [-0.15, -0.1) is 0 Å². The van der Waals surface area contributed by atoms with E-state index in [0.717, 1.165) is 11.3 Å². The predicted molar refractivity (Wildman–Crippen MR) is 76.6 cm³/mol. The van der Waals surface area contributed by atoms with Crippen molar-refractivity contribution in [3.8, 4) is 11.5 Å². The van der Waals surface area contributed by atoms with Crippen LogP contribution in [0.4, 0.5) is 0 Å². The minimum atomic E-state index is -0.132. The quantitative estimate of drug-likeness (QED) is 0.800. The van der Waals surface area contributed by atoms with Crippen LogP contribution in [-0.2, 0) is 0 Å². The first-order valence-electron chi connectivity index (χ1n) is 6.69. The number of methoxy groups -OCH3 is 1. The Hall–Kier alpha value is -2.29. The van der Waals surface area contributed by atoms with Gasteiger partial charge in [0.05, 0.1) is 19.6 Å². The summed E-state index contributed by atoms with van der Waals surface area (Å²) in [4.78, 5) is 12.7. The van der Waals surface area contributed by atoms with Crippen molar-refractivity contribution in [2.45, 2.75) is 12.3 Å². The number of carbonyl (C=O) groups is 1. The largest absolute Gasteiger partial charge is 0.497 e. The van der Waals surface area contributed by atoms with Crippen LogP contribution in [0.3, 0.4) is 0 Å². The number of rotatable bonds is 3. The molecule has 3 nitrogen and oxygen atoms in total. The first-order valence-corrected chi connectivity index (χ1v) is 6.69. The molecule has 0 fully saturated rings. The smallest absolute Gasteiger partial charge is 0.170 e. The zero-order valence-electron chi connectivity index (χ0n) is 11.3. The third-order valence-corrected chi connectivity index (χ3v) is 3.63. The highest BCUT2D eigenvalue weighted by Gasteiger charge is 2.28. The van der Waals surface area contributed by atoms with Gasteiger partial charge in [0.15, 0.2) is 5.78 Å². The Labute approximate surface area is 118 Å². The summed E-state index contributed by atoms with van der Waals surface area (Å²) in [6.07, 6.45) is 0.715. The van der Waals surface area contributed by atoms with Gasteiger partial charge in [0.1, 0.15) is 11.5 Å². The van der Waals surface area contributed by atoms with Crippen molar-refractivity contribution in [1.29, 1.82) is 0 Å². The monoisotopic (exact) mass is 268 g/mol. The van der Waals surface area contributed by atoms with Gasteiger partial charge in [-0.1, -0.05) is 30.3 Å². The van der Waals surface area contributed by atoms with Gasteiger partial charge in [0.2, 0.25) is 0 Å². The molecule has 0 saturated carbocycles. The Morgan fingerprint density at radius 3 is 2.90 bits per heavy atom. The number of fused-ring (bicyclic) bond motifs is 1. The lowest BCUT2D eigenvalue weighted by atomic mass is 9.86. The lowest BCUT2D eigenvalue weighted by Gasteiger charge is -2.24. The van der Waals surface area contributed by atoms with E-state index in [1.54, 1.807) is 13.2 Å². The zero-order chi connectivity index (χ0) is 13.9. The van der Waals surface area contributed by atoms with Crippen molar-refractivity contribution in [1.82, 2.24) is 0 Å². The van der Waals surface area contributed by atoms with Gasteiger partial charge in [0.25, 0.3) is 0 Å². The second-order valence-electron chi connectivity index (χ2n) is 4.82. The maximum absolute atomic E-state index is 12.7. The molecule has 1 atom stereocenters. The second-order valence-corrected chi connectivity index (χ2v) is 4.82. The van der Waals surface area contributed by atoms with Gasteiger partial charge < -0.3 is 9.47 Å². The Bertz CT molecular complexity index is 634. The van der Waals surface area contributed by atoms with Gasteiger partial charge in [-0.25, -0.2) is 0 Å². The summed E-state index contributed by atoms with van der Waals surface area (Å²) in [6.45, 7) is 0.581. The molecule has 2 aromatic rings. The number of ketones is 1. The van der Waals surface area contributed by atoms with Gasteiger partial charge >= 0.3 is 0 Å². The van der Waals surface area contributed by atoms with Crippen LogP contribution in [0.2, 0.25) is 0 Å². The van der Waals surface area contributed by atoms with Crippen LogP contribution in [0, 0.1) is 0 Å². The Morgan fingerprint density at radius 1 is 1.20 bits per heavy atom. The summed E-state index contributed by atoms with van der Waals surface area (Å²) in [5, 5.41) is 0. The molecule has 1 aliphatic rings. The molecule has 0 N–H and O–H groups in total. The van der Waals surface area contributed by atoms with Crippen LogP contribution in [0.25, 0.3) is 0 Å². The highest BCUT2D eigenvalue weighted by Crippen LogP contribution is 2.35. The highest BCUT2D eigenvalue weighted by atomic mass is 16.5. The zero-order valence-corrected chi connectivity index (χ0v) is 11.3. The molecule has 1 aliphatic heterocycles. The lowest BCUT2D eigenvalue weighted by molar-refractivity contribution is 0.0932. The van der Waals surface area contributed by atoms with Crippen molar-refractivity contribution >= 4 is 5.78 Å². The topological polar surface area (TPSA) is 35.5 Å². The van der Waals surface area contributed by atoms with E-state index in [2.05, 4.69) is 0 Å². The van der Waals surface area contributed by atoms with Crippen LogP contribution in [0.15, 0.2) is 48.5 Å². The third kappa shape index (κ3) is 2.27. The molecule has 0 amide bonds. The normalized spacial score (nSPS) is 16.9. The predicted octanol–water partition coefficient (Wildman–Crippen LogP) is 3.44. The maximum atomic E-state index is 12.7. The Balaban J connectivity index is 1.95. The summed E-state index contributed by atoms with van der Waals surface area (Å²) in [5.74, 6) is 1.52. The molecule has 102 valence electrons. The first kappa shape index (κ1) is 12.7. The van der Waals surface area contributed by atoms with Gasteiger partial charge in [0, 0.05) is 11.1 Å². The fraction of sp³-hybridized carbons (Fsp3) is 0.235. The van der Waals surface area contributed by atoms with Gasteiger partial charge in [-0.2, -0.15) is 0 Å². The number of benzene rings is 2. The van der Waals surface area contributed by atoms with Gasteiger partial charge in [-0.3, -0.25) is 4.79 Å². The molecule has 20 heavy (non-hydrogen) atoms. The van der Waals surface area contributed by atoms with Crippen LogP contribution >= 0.6 is 0 Å². The fourth-order valence-corrected chi connectivity index (χ4v) is 2.59. The van der Waals surface area contributed by atoms with E-state index in [1.807, 2.05) is 42.5 Å². The first-order chi connectivity index (χ1) is 9.79. The molecule has 0 aromatic heterocycles. The molecule has 0 bridgehead atoms. The molecular formula is C17H16O3. The maximum Gasteiger partial charge on any atom is 0.170 e. The average Bonchev–Trinajstić information content (AvgIpc) is 2.53. The van der Waals surface area contributed by atoms with Crippen LogP contribution in [0.1, 0.15) is 28.3 Å². The molecule has 3 rings (SSSR count). The number of ether oxygens (including phenoxy) is 2. The minimum absolute atomic E-state index is 0.125. The molecular weight excluding hydrogens is 252 g/mol. The molecule has 3 heteroatoms. The number of hydrogen-bond donors (Lipinski definition) is 0. The SMILES string of the molecule is COc1cccc(C(=O)C2CCOc3ccccc32)c1. The van der Waals surface area contributed by atoms with Crippen molar-refractivity contribution in [3.63, 3.8) is 0 Å². The highest BCUT2D eigenvalue weighted by molar-refractivity contribution is 6.01. The molecule has 0 saturated heterocycles. The van der Waals surface area contributed by atoms with E-state index in [9.17, 15) is 4.79 Å². The van der Waals surface area contributed by atoms with Crippen molar-refractivity contribution in [2.24, 2.45) is 0 Å². The van der Waals surface area contributed by atoms with E-state index in [1.165, 1.54) is 0 Å². The number of Topliss-reactive ketones (excluding diaryl/α,β-unsaturated/α-hetero) is 1. The van der Waals surface area contributed by atoms with Crippen molar-refractivity contribution < 1.29 is 14.3 Å². The summed E-state index contributed by atoms with van der Waals surface area (Å²) in [6, 6.07) is 15.1. The number of carbonyl (C=O) groups excluding carboxylic acids is 1. The summed E-state index contributed by atoms with van der Waals surface area (Å²) >= 11 is 0. The van der Waals surface area contributed by atoms with Crippen molar-refractivity contribution in [2.75, 3.05) is 13.7 Å². The third-order valence-electron chi connectivity index (χ3n) is 3.63. The summed E-state index contributed by atoms with van der Waals surface area (Å²) in [5.41, 5.74) is 1.66. The Morgan fingerprint density at radius 2 is 2.05 bits per heavy atom. The molecule has 1 unspecified atom stereocenters. The molecule has 0 radical (unpaired) electrons. The van der Waals surface area contributed by atoms with Crippen LogP contribution in [0.5, 0.6) is 11.5 Å². The van der Waals surface area contributed by atoms with E-state index in [0.29, 0.717) is 24.3 Å². The summed E-state index contributed by atoms with van der Waals surface area (Å²) in [7, 11) is 1.60. The standard InChI is InChI=1S/C17H16O3/c1-19-13-6-4-5-12(11-13)17(18)15-9-10-20-16-8-3-2-7-14(15)16/h2-8,11,15H,9-10H2,1H3. The molecule has 1 heterocycles. The van der Waals surface area contributed by atoms with E-state index < -0.39 is 0 Å². The Kier molecular flexibility index (Phi) is 3.42. The average molecular weight is 268 g/mol. The molecule has 0 aliphatic carbocycles. The van der Waals surface area contributed by atoms with Crippen molar-refractivity contribution in [3.05, 3.63) is 59.7 Å². The minimum Gasteiger partial charge on any atom is -0.497 e. The van der Waals surface area contributed by atoms with Gasteiger partial charge in [-0.05, 0) is 24.6 Å². The molecule has 0 spiro atoms. The summed E-state index contributed by atoms with van der Waals surface area (Å²) < 4.78 is 10.8. The van der Waals surface area contributed by atoms with E-state index in [4.69, 9.17) is 9.47 Å². The number of para-hydroxylation sites is 1. The van der Waals surface area contributed by atoms with Crippen LogP contribution in [-0.4, -0.2) is 19.5 Å². The van der Waals surface area contributed by atoms with Crippen LogP contribution < -0.4 is 9.47 Å². The molecule has 2 aromatic carbocycles. The lowest BCUT2D eigenvalue weighted by Crippen LogP contribution is -2.21. The number of hydrogen-bond acceptors (Lipinski definition) is 3.